The first-order valence-electron chi connectivity index (χ1n) is 7.88. The van der Waals surface area contributed by atoms with E-state index in [1.54, 1.807) is 42.5 Å². The van der Waals surface area contributed by atoms with Crippen molar-refractivity contribution in [1.82, 2.24) is 5.32 Å². The molecule has 0 bridgehead atoms. The first kappa shape index (κ1) is 18.6. The van der Waals surface area contributed by atoms with Crippen LogP contribution in [0, 0.1) is 0 Å². The van der Waals surface area contributed by atoms with Crippen molar-refractivity contribution < 1.29 is 14.0 Å². The van der Waals surface area contributed by atoms with Crippen LogP contribution in [0.2, 0.25) is 0 Å². The summed E-state index contributed by atoms with van der Waals surface area (Å²) < 4.78 is 5.05. The van der Waals surface area contributed by atoms with Gasteiger partial charge in [0, 0.05) is 22.3 Å². The molecule has 0 aliphatic rings. The van der Waals surface area contributed by atoms with Crippen molar-refractivity contribution in [3.8, 4) is 0 Å². The van der Waals surface area contributed by atoms with E-state index in [2.05, 4.69) is 16.0 Å². The van der Waals surface area contributed by atoms with Crippen molar-refractivity contribution in [3.63, 3.8) is 0 Å². The third kappa shape index (κ3) is 5.63. The van der Waals surface area contributed by atoms with Gasteiger partial charge in [-0.15, -0.1) is 11.3 Å². The van der Waals surface area contributed by atoms with Crippen LogP contribution < -0.4 is 16.0 Å². The number of thiocarbonyl (C=S) groups is 1. The number of furan rings is 1. The molecule has 6 nitrogen and oxygen atoms in total. The van der Waals surface area contributed by atoms with Crippen molar-refractivity contribution in [2.75, 3.05) is 10.6 Å². The van der Waals surface area contributed by atoms with Crippen LogP contribution in [0.5, 0.6) is 0 Å². The molecular weight excluding hydrogens is 382 g/mol. The molecule has 2 aromatic heterocycles. The van der Waals surface area contributed by atoms with E-state index in [4.69, 9.17) is 16.6 Å². The van der Waals surface area contributed by atoms with Gasteiger partial charge < -0.3 is 15.1 Å². The number of amides is 2. The van der Waals surface area contributed by atoms with Crippen LogP contribution >= 0.6 is 23.6 Å². The Labute approximate surface area is 164 Å². The molecule has 0 fully saturated rings. The second-order valence-corrected chi connectivity index (χ2v) is 6.69. The number of carbonyl (C=O) groups excluding carboxylic acids is 2. The first-order valence-corrected chi connectivity index (χ1v) is 9.17. The summed E-state index contributed by atoms with van der Waals surface area (Å²) in [7, 11) is 0. The highest BCUT2D eigenvalue weighted by atomic mass is 32.1. The Morgan fingerprint density at radius 1 is 1.04 bits per heavy atom. The monoisotopic (exact) mass is 397 g/mol. The summed E-state index contributed by atoms with van der Waals surface area (Å²) in [5.41, 5.74) is 1.19. The van der Waals surface area contributed by atoms with E-state index >= 15 is 0 Å². The summed E-state index contributed by atoms with van der Waals surface area (Å²) in [5.74, 6) is -0.469. The number of carbonyl (C=O) groups is 2. The second-order valence-electron chi connectivity index (χ2n) is 5.30. The largest absolute Gasteiger partial charge is 0.459 e. The predicted molar refractivity (Wildman–Crippen MR) is 111 cm³/mol. The minimum absolute atomic E-state index is 0.158. The van der Waals surface area contributed by atoms with Crippen molar-refractivity contribution in [1.29, 1.82) is 0 Å². The van der Waals surface area contributed by atoms with Gasteiger partial charge in [0.25, 0.3) is 5.91 Å². The van der Waals surface area contributed by atoms with Gasteiger partial charge >= 0.3 is 0 Å². The van der Waals surface area contributed by atoms with Crippen molar-refractivity contribution in [3.05, 3.63) is 76.9 Å². The van der Waals surface area contributed by atoms with Gasteiger partial charge in [0.15, 0.2) is 10.9 Å². The molecule has 0 aliphatic heterocycles. The zero-order chi connectivity index (χ0) is 19.1. The lowest BCUT2D eigenvalue weighted by Crippen LogP contribution is -2.32. The molecule has 2 amide bonds. The molecule has 136 valence electrons. The summed E-state index contributed by atoms with van der Waals surface area (Å²) >= 11 is 6.68. The van der Waals surface area contributed by atoms with Gasteiger partial charge in [-0.25, -0.2) is 0 Å². The SMILES string of the molecule is O=C(/C=C/c1cccs1)NC(=S)Nc1cccc(NC(=O)c2ccco2)c1. The number of anilines is 2. The summed E-state index contributed by atoms with van der Waals surface area (Å²) in [4.78, 5) is 24.9. The maximum absolute atomic E-state index is 12.0. The third-order valence-corrected chi connectivity index (χ3v) is 4.34. The molecular formula is C19H15N3O3S2. The summed E-state index contributed by atoms with van der Waals surface area (Å²) in [6, 6.07) is 14.0. The van der Waals surface area contributed by atoms with Crippen LogP contribution in [0.25, 0.3) is 6.08 Å². The van der Waals surface area contributed by atoms with Crippen LogP contribution in [0.3, 0.4) is 0 Å². The topological polar surface area (TPSA) is 83.4 Å². The van der Waals surface area contributed by atoms with Gasteiger partial charge in [-0.1, -0.05) is 12.1 Å². The number of nitrogens with one attached hydrogen (secondary N) is 3. The van der Waals surface area contributed by atoms with Crippen LogP contribution in [-0.2, 0) is 4.79 Å². The molecule has 0 saturated heterocycles. The maximum atomic E-state index is 12.0. The smallest absolute Gasteiger partial charge is 0.291 e. The number of rotatable bonds is 5. The fourth-order valence-electron chi connectivity index (χ4n) is 2.13. The average Bonchev–Trinajstić information content (AvgIpc) is 3.34. The van der Waals surface area contributed by atoms with Crippen molar-refractivity contribution in [2.24, 2.45) is 0 Å². The normalized spacial score (nSPS) is 10.5. The second kappa shape index (κ2) is 8.93. The molecule has 0 atom stereocenters. The fraction of sp³-hybridized carbons (Fsp3) is 0. The van der Waals surface area contributed by atoms with Gasteiger partial charge in [-0.05, 0) is 60.1 Å². The fourth-order valence-corrected chi connectivity index (χ4v) is 2.97. The molecule has 8 heteroatoms. The van der Waals surface area contributed by atoms with Crippen LogP contribution in [0.1, 0.15) is 15.4 Å². The van der Waals surface area contributed by atoms with E-state index in [1.165, 1.54) is 23.7 Å². The van der Waals surface area contributed by atoms with E-state index < -0.39 is 0 Å². The molecule has 3 N–H and O–H groups in total. The van der Waals surface area contributed by atoms with Gasteiger partial charge in [0.1, 0.15) is 0 Å². The number of benzene rings is 1. The molecule has 0 saturated carbocycles. The summed E-state index contributed by atoms with van der Waals surface area (Å²) in [5, 5.41) is 10.3. The lowest BCUT2D eigenvalue weighted by Gasteiger charge is -2.10. The molecule has 0 spiro atoms. The maximum Gasteiger partial charge on any atom is 0.291 e. The van der Waals surface area contributed by atoms with Crippen molar-refractivity contribution in [2.45, 2.75) is 0 Å². The molecule has 0 aliphatic carbocycles. The number of hydrogen-bond acceptors (Lipinski definition) is 5. The van der Waals surface area contributed by atoms with Gasteiger partial charge in [-0.2, -0.15) is 0 Å². The lowest BCUT2D eigenvalue weighted by molar-refractivity contribution is -0.115. The van der Waals surface area contributed by atoms with E-state index in [-0.39, 0.29) is 22.7 Å². The number of hydrogen-bond donors (Lipinski definition) is 3. The molecule has 3 rings (SSSR count). The number of thiophene rings is 1. The van der Waals surface area contributed by atoms with Crippen LogP contribution in [0.15, 0.2) is 70.7 Å². The zero-order valence-corrected chi connectivity index (χ0v) is 15.6. The third-order valence-electron chi connectivity index (χ3n) is 3.30. The Bertz CT molecular complexity index is 964. The first-order chi connectivity index (χ1) is 13.1. The van der Waals surface area contributed by atoms with E-state index in [0.717, 1.165) is 4.88 Å². The van der Waals surface area contributed by atoms with Gasteiger partial charge in [0.2, 0.25) is 5.91 Å². The minimum Gasteiger partial charge on any atom is -0.459 e. The lowest BCUT2D eigenvalue weighted by atomic mass is 10.2. The van der Waals surface area contributed by atoms with E-state index in [9.17, 15) is 9.59 Å². The van der Waals surface area contributed by atoms with E-state index in [1.807, 2.05) is 17.5 Å². The van der Waals surface area contributed by atoms with Crippen LogP contribution in [-0.4, -0.2) is 16.9 Å². The highest BCUT2D eigenvalue weighted by Crippen LogP contribution is 2.16. The molecule has 27 heavy (non-hydrogen) atoms. The Morgan fingerprint density at radius 3 is 2.56 bits per heavy atom. The Hall–Kier alpha value is -3.23. The average molecular weight is 397 g/mol. The standard InChI is InChI=1S/C19H15N3O3S2/c23-17(9-8-15-6-3-11-27-15)22-19(26)21-14-5-1-4-13(12-14)20-18(24)16-7-2-10-25-16/h1-12H,(H,20,24)(H2,21,22,23,26)/b9-8+. The summed E-state index contributed by atoms with van der Waals surface area (Å²) in [6.45, 7) is 0. The van der Waals surface area contributed by atoms with Gasteiger partial charge in [-0.3, -0.25) is 14.9 Å². The van der Waals surface area contributed by atoms with Crippen LogP contribution in [0.4, 0.5) is 11.4 Å². The Kier molecular flexibility index (Phi) is 6.14. The Balaban J connectivity index is 1.54. The highest BCUT2D eigenvalue weighted by molar-refractivity contribution is 7.80. The molecule has 0 radical (unpaired) electrons. The van der Waals surface area contributed by atoms with Gasteiger partial charge in [0.05, 0.1) is 6.26 Å². The molecule has 1 aromatic carbocycles. The minimum atomic E-state index is -0.355. The van der Waals surface area contributed by atoms with Crippen molar-refractivity contribution >= 4 is 57.9 Å². The quantitative estimate of drug-likeness (QED) is 0.446. The van der Waals surface area contributed by atoms with E-state index in [0.29, 0.717) is 11.4 Å². The molecule has 2 heterocycles. The summed E-state index contributed by atoms with van der Waals surface area (Å²) in [6.07, 6.45) is 4.56. The highest BCUT2D eigenvalue weighted by Gasteiger charge is 2.09. The molecule has 3 aromatic rings. The zero-order valence-electron chi connectivity index (χ0n) is 14.0. The molecule has 0 unspecified atom stereocenters. The Morgan fingerprint density at radius 2 is 1.85 bits per heavy atom. The predicted octanol–water partition coefficient (Wildman–Crippen LogP) is 4.12.